The summed E-state index contributed by atoms with van der Waals surface area (Å²) in [5.74, 6) is -0.841. The van der Waals surface area contributed by atoms with E-state index in [9.17, 15) is 9.59 Å². The molecule has 2 amide bonds. The number of nitrogens with two attached hydrogens (primary N) is 1. The van der Waals surface area contributed by atoms with E-state index in [0.717, 1.165) is 18.7 Å². The summed E-state index contributed by atoms with van der Waals surface area (Å²) in [4.78, 5) is 23.2. The molecule has 0 unspecified atom stereocenters. The van der Waals surface area contributed by atoms with Gasteiger partial charge in [0.1, 0.15) is 5.54 Å². The minimum absolute atomic E-state index is 0.284. The van der Waals surface area contributed by atoms with Crippen molar-refractivity contribution < 1.29 is 9.59 Å². The van der Waals surface area contributed by atoms with E-state index < -0.39 is 11.4 Å². The van der Waals surface area contributed by atoms with Crippen LogP contribution in [0.2, 0.25) is 0 Å². The van der Waals surface area contributed by atoms with E-state index in [0.29, 0.717) is 5.56 Å². The number of primary amides is 1. The fourth-order valence-corrected chi connectivity index (χ4v) is 1.85. The lowest BCUT2D eigenvalue weighted by atomic mass is 10.0. The Balaban J connectivity index is 2.17. The molecule has 1 aliphatic heterocycles. The van der Waals surface area contributed by atoms with Crippen LogP contribution in [0.4, 0.5) is 0 Å². The average molecular weight is 247 g/mol. The Hall–Kier alpha value is -1.88. The molecule has 96 valence electrons. The molecule has 0 aliphatic carbocycles. The maximum Gasteiger partial charge on any atom is 0.252 e. The quantitative estimate of drug-likeness (QED) is 0.717. The summed E-state index contributed by atoms with van der Waals surface area (Å²) < 4.78 is 0. The summed E-state index contributed by atoms with van der Waals surface area (Å²) >= 11 is 0. The predicted molar refractivity (Wildman–Crippen MR) is 67.7 cm³/mol. The van der Waals surface area contributed by atoms with Crippen LogP contribution in [-0.2, 0) is 17.9 Å². The van der Waals surface area contributed by atoms with Gasteiger partial charge in [-0.1, -0.05) is 6.07 Å². The monoisotopic (exact) mass is 247 g/mol. The third-order valence-electron chi connectivity index (χ3n) is 3.14. The van der Waals surface area contributed by atoms with Gasteiger partial charge in [-0.05, 0) is 37.1 Å². The molecular formula is C13H17N3O2. The zero-order valence-corrected chi connectivity index (χ0v) is 10.5. The highest BCUT2D eigenvalue weighted by Gasteiger charge is 2.27. The summed E-state index contributed by atoms with van der Waals surface area (Å²) in [5, 5.41) is 5.84. The van der Waals surface area contributed by atoms with E-state index in [1.54, 1.807) is 19.9 Å². The molecule has 0 fully saturated rings. The van der Waals surface area contributed by atoms with Crippen LogP contribution in [0.5, 0.6) is 0 Å². The minimum Gasteiger partial charge on any atom is -0.368 e. The summed E-state index contributed by atoms with van der Waals surface area (Å²) in [7, 11) is 0. The van der Waals surface area contributed by atoms with Crippen molar-refractivity contribution in [2.45, 2.75) is 32.5 Å². The van der Waals surface area contributed by atoms with Gasteiger partial charge in [-0.3, -0.25) is 9.59 Å². The first-order valence-corrected chi connectivity index (χ1v) is 5.85. The van der Waals surface area contributed by atoms with E-state index in [1.807, 2.05) is 12.1 Å². The standard InChI is InChI=1S/C13H17N3O2/c1-13(2,12(14)18)16-11(17)8-3-4-9-6-15-7-10(9)5-8/h3-5,15H,6-7H2,1-2H3,(H2,14,18)(H,16,17). The van der Waals surface area contributed by atoms with Gasteiger partial charge in [0.25, 0.3) is 5.91 Å². The van der Waals surface area contributed by atoms with Crippen molar-refractivity contribution in [2.75, 3.05) is 0 Å². The van der Waals surface area contributed by atoms with Crippen LogP contribution in [-0.4, -0.2) is 17.4 Å². The summed E-state index contributed by atoms with van der Waals surface area (Å²) in [5.41, 5.74) is 7.06. The van der Waals surface area contributed by atoms with Crippen molar-refractivity contribution in [2.24, 2.45) is 5.73 Å². The van der Waals surface area contributed by atoms with Gasteiger partial charge in [0.05, 0.1) is 0 Å². The predicted octanol–water partition coefficient (Wildman–Crippen LogP) is 0.284. The Morgan fingerprint density at radius 3 is 2.61 bits per heavy atom. The molecule has 0 atom stereocenters. The van der Waals surface area contributed by atoms with Crippen LogP contribution in [0.15, 0.2) is 18.2 Å². The van der Waals surface area contributed by atoms with Gasteiger partial charge < -0.3 is 16.4 Å². The molecule has 18 heavy (non-hydrogen) atoms. The summed E-state index contributed by atoms with van der Waals surface area (Å²) in [6.07, 6.45) is 0. The number of amides is 2. The topological polar surface area (TPSA) is 84.2 Å². The second-order valence-electron chi connectivity index (χ2n) is 5.03. The average Bonchev–Trinajstić information content (AvgIpc) is 2.74. The zero-order valence-electron chi connectivity index (χ0n) is 10.5. The second kappa shape index (κ2) is 4.42. The number of nitrogens with one attached hydrogen (secondary N) is 2. The number of hydrogen-bond donors (Lipinski definition) is 3. The van der Waals surface area contributed by atoms with Crippen LogP contribution in [0.25, 0.3) is 0 Å². The van der Waals surface area contributed by atoms with Crippen molar-refractivity contribution in [1.29, 1.82) is 0 Å². The van der Waals surface area contributed by atoms with Crippen molar-refractivity contribution in [3.05, 3.63) is 34.9 Å². The maximum absolute atomic E-state index is 12.0. The third-order valence-corrected chi connectivity index (χ3v) is 3.14. The molecule has 0 radical (unpaired) electrons. The van der Waals surface area contributed by atoms with Crippen LogP contribution < -0.4 is 16.4 Å². The molecule has 0 aromatic heterocycles. The first-order valence-electron chi connectivity index (χ1n) is 5.85. The maximum atomic E-state index is 12.0. The van der Waals surface area contributed by atoms with Crippen molar-refractivity contribution >= 4 is 11.8 Å². The molecular weight excluding hydrogens is 230 g/mol. The van der Waals surface area contributed by atoms with Crippen molar-refractivity contribution in [3.63, 3.8) is 0 Å². The Morgan fingerprint density at radius 2 is 1.94 bits per heavy atom. The lowest BCUT2D eigenvalue weighted by Gasteiger charge is -2.22. The SMILES string of the molecule is CC(C)(NC(=O)c1ccc2c(c1)CNC2)C(N)=O. The smallest absolute Gasteiger partial charge is 0.252 e. The highest BCUT2D eigenvalue weighted by molar-refractivity contribution is 5.98. The Kier molecular flexibility index (Phi) is 3.09. The number of hydrogen-bond acceptors (Lipinski definition) is 3. The lowest BCUT2D eigenvalue weighted by Crippen LogP contribution is -2.53. The normalized spacial score (nSPS) is 14.1. The molecule has 5 nitrogen and oxygen atoms in total. The Bertz CT molecular complexity index is 509. The number of carbonyl (C=O) groups is 2. The minimum atomic E-state index is -1.05. The summed E-state index contributed by atoms with van der Waals surface area (Å²) in [6, 6.07) is 5.54. The van der Waals surface area contributed by atoms with Gasteiger partial charge in [-0.25, -0.2) is 0 Å². The van der Waals surface area contributed by atoms with Gasteiger partial charge in [-0.15, -0.1) is 0 Å². The van der Waals surface area contributed by atoms with Crippen LogP contribution in [0.3, 0.4) is 0 Å². The number of benzene rings is 1. The fourth-order valence-electron chi connectivity index (χ4n) is 1.85. The Morgan fingerprint density at radius 1 is 1.28 bits per heavy atom. The summed E-state index contributed by atoms with van der Waals surface area (Å²) in [6.45, 7) is 4.78. The molecule has 1 aromatic carbocycles. The van der Waals surface area contributed by atoms with Crippen LogP contribution in [0, 0.1) is 0 Å². The number of carbonyl (C=O) groups excluding carboxylic acids is 2. The molecule has 4 N–H and O–H groups in total. The van der Waals surface area contributed by atoms with E-state index >= 15 is 0 Å². The molecule has 0 saturated heterocycles. The molecule has 0 spiro atoms. The van der Waals surface area contributed by atoms with Gasteiger partial charge in [0, 0.05) is 18.7 Å². The lowest BCUT2D eigenvalue weighted by molar-refractivity contribution is -0.122. The molecule has 1 aromatic rings. The van der Waals surface area contributed by atoms with E-state index in [-0.39, 0.29) is 5.91 Å². The highest BCUT2D eigenvalue weighted by Crippen LogP contribution is 2.17. The third kappa shape index (κ3) is 2.36. The van der Waals surface area contributed by atoms with Crippen molar-refractivity contribution in [1.82, 2.24) is 10.6 Å². The molecule has 2 rings (SSSR count). The van der Waals surface area contributed by atoms with Gasteiger partial charge >= 0.3 is 0 Å². The van der Waals surface area contributed by atoms with Crippen LogP contribution in [0.1, 0.15) is 35.3 Å². The van der Waals surface area contributed by atoms with E-state index in [4.69, 9.17) is 5.73 Å². The number of fused-ring (bicyclic) bond motifs is 1. The number of rotatable bonds is 3. The molecule has 1 heterocycles. The Labute approximate surface area is 106 Å². The molecule has 0 saturated carbocycles. The first-order chi connectivity index (χ1) is 8.40. The van der Waals surface area contributed by atoms with Gasteiger partial charge in [-0.2, -0.15) is 0 Å². The second-order valence-corrected chi connectivity index (χ2v) is 5.03. The van der Waals surface area contributed by atoms with Gasteiger partial charge in [0.2, 0.25) is 5.91 Å². The highest BCUT2D eigenvalue weighted by atomic mass is 16.2. The molecule has 5 heteroatoms. The van der Waals surface area contributed by atoms with Crippen molar-refractivity contribution in [3.8, 4) is 0 Å². The van der Waals surface area contributed by atoms with Gasteiger partial charge in [0.15, 0.2) is 0 Å². The largest absolute Gasteiger partial charge is 0.368 e. The zero-order chi connectivity index (χ0) is 13.3. The van der Waals surface area contributed by atoms with Crippen LogP contribution >= 0.6 is 0 Å². The fraction of sp³-hybridized carbons (Fsp3) is 0.385. The molecule has 1 aliphatic rings. The van der Waals surface area contributed by atoms with E-state index in [1.165, 1.54) is 5.56 Å². The first kappa shape index (κ1) is 12.6. The molecule has 0 bridgehead atoms. The van der Waals surface area contributed by atoms with E-state index in [2.05, 4.69) is 10.6 Å².